The molecule has 2 unspecified atom stereocenters. The molecule has 1 aliphatic heterocycles. The van der Waals surface area contributed by atoms with Gasteiger partial charge in [0, 0.05) is 32.8 Å². The largest absolute Gasteiger partial charge is 0.378 e. The molecule has 0 aromatic rings. The van der Waals surface area contributed by atoms with Gasteiger partial charge in [-0.2, -0.15) is 0 Å². The molecule has 3 heteroatoms. The van der Waals surface area contributed by atoms with Crippen molar-refractivity contribution in [1.82, 2.24) is 10.2 Å². The van der Waals surface area contributed by atoms with Crippen LogP contribution in [-0.2, 0) is 4.74 Å². The minimum Gasteiger partial charge on any atom is -0.378 e. The number of nitrogens with zero attached hydrogens (tertiary/aromatic N) is 1. The number of nitrogens with one attached hydrogen (secondary N) is 1. The van der Waals surface area contributed by atoms with Crippen LogP contribution in [0.2, 0.25) is 0 Å². The van der Waals surface area contributed by atoms with Gasteiger partial charge in [-0.3, -0.25) is 0 Å². The quantitative estimate of drug-likeness (QED) is 0.780. The highest BCUT2D eigenvalue weighted by Crippen LogP contribution is 2.40. The molecule has 2 fully saturated rings. The Bertz CT molecular complexity index is 289. The average Bonchev–Trinajstić information content (AvgIpc) is 2.48. The van der Waals surface area contributed by atoms with Gasteiger partial charge in [-0.15, -0.1) is 0 Å². The van der Waals surface area contributed by atoms with Crippen LogP contribution >= 0.6 is 0 Å². The predicted molar refractivity (Wildman–Crippen MR) is 89.7 cm³/mol. The van der Waals surface area contributed by atoms with E-state index >= 15 is 0 Å². The van der Waals surface area contributed by atoms with E-state index in [0.717, 1.165) is 19.1 Å². The van der Waals surface area contributed by atoms with E-state index in [1.54, 1.807) is 0 Å². The minimum atomic E-state index is 0.515. The van der Waals surface area contributed by atoms with Crippen LogP contribution in [0.3, 0.4) is 0 Å². The summed E-state index contributed by atoms with van der Waals surface area (Å²) in [6.07, 6.45) is 8.63. The predicted octanol–water partition coefficient (Wildman–Crippen LogP) is 3.29. The number of likely N-dealkylation sites (tertiary alicyclic amines) is 1. The number of piperidine rings is 1. The van der Waals surface area contributed by atoms with Gasteiger partial charge in [0.15, 0.2) is 0 Å². The zero-order chi connectivity index (χ0) is 15.1. The number of hydrogen-bond donors (Lipinski definition) is 1. The lowest BCUT2D eigenvalue weighted by molar-refractivity contribution is -0.00366. The van der Waals surface area contributed by atoms with Crippen LogP contribution in [0.1, 0.15) is 59.3 Å². The third-order valence-corrected chi connectivity index (χ3v) is 5.43. The molecule has 3 nitrogen and oxygen atoms in total. The van der Waals surface area contributed by atoms with E-state index in [2.05, 4.69) is 31.0 Å². The summed E-state index contributed by atoms with van der Waals surface area (Å²) < 4.78 is 5.79. The van der Waals surface area contributed by atoms with Gasteiger partial charge in [0.25, 0.3) is 0 Å². The molecule has 0 bridgehead atoms. The van der Waals surface area contributed by atoms with Crippen LogP contribution in [0, 0.1) is 11.3 Å². The van der Waals surface area contributed by atoms with E-state index in [1.165, 1.54) is 64.7 Å². The fourth-order valence-electron chi connectivity index (χ4n) is 4.46. The molecule has 1 heterocycles. The Morgan fingerprint density at radius 2 is 1.95 bits per heavy atom. The van der Waals surface area contributed by atoms with Crippen LogP contribution in [0.15, 0.2) is 0 Å². The zero-order valence-corrected chi connectivity index (χ0v) is 14.5. The number of rotatable bonds is 7. The highest BCUT2D eigenvalue weighted by molar-refractivity contribution is 4.91. The molecule has 1 saturated heterocycles. The third kappa shape index (κ3) is 5.22. The highest BCUT2D eigenvalue weighted by Gasteiger charge is 2.36. The average molecular weight is 296 g/mol. The van der Waals surface area contributed by atoms with Crippen molar-refractivity contribution in [3.05, 3.63) is 0 Å². The number of hydrogen-bond acceptors (Lipinski definition) is 3. The molecule has 1 aliphatic carbocycles. The van der Waals surface area contributed by atoms with E-state index in [-0.39, 0.29) is 0 Å². The molecule has 0 radical (unpaired) electrons. The molecular formula is C18H36N2O. The van der Waals surface area contributed by atoms with Gasteiger partial charge >= 0.3 is 0 Å². The van der Waals surface area contributed by atoms with Gasteiger partial charge in [-0.05, 0) is 50.5 Å². The molecule has 0 aromatic heterocycles. The molecule has 0 aromatic carbocycles. The van der Waals surface area contributed by atoms with Crippen molar-refractivity contribution in [3.8, 4) is 0 Å². The van der Waals surface area contributed by atoms with Gasteiger partial charge in [0.05, 0.1) is 6.10 Å². The Labute approximate surface area is 131 Å². The monoisotopic (exact) mass is 296 g/mol. The van der Waals surface area contributed by atoms with E-state index in [0.29, 0.717) is 11.5 Å². The molecule has 1 N–H and O–H groups in total. The van der Waals surface area contributed by atoms with Crippen molar-refractivity contribution in [2.45, 2.75) is 65.4 Å². The maximum absolute atomic E-state index is 5.79. The van der Waals surface area contributed by atoms with Crippen LogP contribution in [0.4, 0.5) is 0 Å². The van der Waals surface area contributed by atoms with Crippen molar-refractivity contribution in [3.63, 3.8) is 0 Å². The highest BCUT2D eigenvalue weighted by atomic mass is 16.5. The van der Waals surface area contributed by atoms with Crippen molar-refractivity contribution in [1.29, 1.82) is 0 Å². The smallest absolute Gasteiger partial charge is 0.0599 e. The summed E-state index contributed by atoms with van der Waals surface area (Å²) in [7, 11) is 0. The van der Waals surface area contributed by atoms with Crippen LogP contribution in [0.25, 0.3) is 0 Å². The zero-order valence-electron chi connectivity index (χ0n) is 14.5. The Morgan fingerprint density at radius 1 is 1.19 bits per heavy atom. The third-order valence-electron chi connectivity index (χ3n) is 5.43. The van der Waals surface area contributed by atoms with Crippen molar-refractivity contribution >= 4 is 0 Å². The SMILES string of the molecule is CCNCC1(CN2CCC(OCC)CC2)CCCC(C)C1. The maximum atomic E-state index is 5.79. The first-order valence-electron chi connectivity index (χ1n) is 9.22. The Kier molecular flexibility index (Phi) is 6.97. The molecule has 2 atom stereocenters. The van der Waals surface area contributed by atoms with Crippen LogP contribution < -0.4 is 5.32 Å². The van der Waals surface area contributed by atoms with Crippen molar-refractivity contribution in [2.75, 3.05) is 39.3 Å². The molecule has 21 heavy (non-hydrogen) atoms. The van der Waals surface area contributed by atoms with Gasteiger partial charge in [-0.25, -0.2) is 0 Å². The molecule has 0 spiro atoms. The molecule has 0 amide bonds. The van der Waals surface area contributed by atoms with Crippen molar-refractivity contribution in [2.24, 2.45) is 11.3 Å². The summed E-state index contributed by atoms with van der Waals surface area (Å²) in [6, 6.07) is 0. The fraction of sp³-hybridized carbons (Fsp3) is 1.00. The maximum Gasteiger partial charge on any atom is 0.0599 e. The topological polar surface area (TPSA) is 24.5 Å². The van der Waals surface area contributed by atoms with E-state index < -0.39 is 0 Å². The van der Waals surface area contributed by atoms with Gasteiger partial charge in [0.1, 0.15) is 0 Å². The summed E-state index contributed by atoms with van der Waals surface area (Å²) in [6.45, 7) is 13.7. The fourth-order valence-corrected chi connectivity index (χ4v) is 4.46. The van der Waals surface area contributed by atoms with Gasteiger partial charge in [-0.1, -0.05) is 26.7 Å². The standard InChI is InChI=1S/C18H36N2O/c1-4-19-14-18(10-6-7-16(3)13-18)15-20-11-8-17(9-12-20)21-5-2/h16-17,19H,4-15H2,1-3H3. The minimum absolute atomic E-state index is 0.515. The lowest BCUT2D eigenvalue weighted by Crippen LogP contribution is -2.49. The summed E-state index contributed by atoms with van der Waals surface area (Å²) in [5.74, 6) is 0.901. The van der Waals surface area contributed by atoms with E-state index in [1.807, 2.05) is 0 Å². The first-order valence-corrected chi connectivity index (χ1v) is 9.22. The molecule has 1 saturated carbocycles. The lowest BCUT2D eigenvalue weighted by Gasteiger charge is -2.45. The van der Waals surface area contributed by atoms with Gasteiger partial charge in [0.2, 0.25) is 0 Å². The summed E-state index contributed by atoms with van der Waals surface area (Å²) in [5, 5.41) is 3.65. The first-order chi connectivity index (χ1) is 10.2. The second kappa shape index (κ2) is 8.50. The summed E-state index contributed by atoms with van der Waals surface area (Å²) in [5.41, 5.74) is 0.520. The molecular weight excluding hydrogens is 260 g/mol. The summed E-state index contributed by atoms with van der Waals surface area (Å²) >= 11 is 0. The van der Waals surface area contributed by atoms with Crippen molar-refractivity contribution < 1.29 is 4.74 Å². The Hall–Kier alpha value is -0.120. The Balaban J connectivity index is 1.87. The second-order valence-corrected chi connectivity index (χ2v) is 7.41. The normalized spacial score (nSPS) is 32.4. The van der Waals surface area contributed by atoms with E-state index in [9.17, 15) is 0 Å². The first kappa shape index (κ1) is 17.2. The van der Waals surface area contributed by atoms with Crippen LogP contribution in [-0.4, -0.2) is 50.3 Å². The van der Waals surface area contributed by atoms with Gasteiger partial charge < -0.3 is 15.0 Å². The molecule has 2 aliphatic rings. The van der Waals surface area contributed by atoms with Crippen LogP contribution in [0.5, 0.6) is 0 Å². The lowest BCUT2D eigenvalue weighted by atomic mass is 9.69. The number of ether oxygens (including phenoxy) is 1. The molecule has 124 valence electrons. The Morgan fingerprint density at radius 3 is 2.57 bits per heavy atom. The molecule has 2 rings (SSSR count). The summed E-state index contributed by atoms with van der Waals surface area (Å²) in [4.78, 5) is 2.71. The second-order valence-electron chi connectivity index (χ2n) is 7.41. The van der Waals surface area contributed by atoms with E-state index in [4.69, 9.17) is 4.74 Å².